The maximum atomic E-state index is 10.4. The molecule has 0 amide bonds. The molecule has 0 spiro atoms. The van der Waals surface area contributed by atoms with Crippen molar-refractivity contribution in [3.63, 3.8) is 0 Å². The Kier molecular flexibility index (Phi) is 10.6. The predicted octanol–water partition coefficient (Wildman–Crippen LogP) is 8.05. The molecule has 0 fully saturated rings. The Balaban J connectivity index is 2.77. The molecule has 0 radical (unpaired) electrons. The molecule has 0 unspecified atom stereocenters. The number of aromatic nitrogens is 1. The highest BCUT2D eigenvalue weighted by atomic mass is 28.4. The van der Waals surface area contributed by atoms with Crippen LogP contribution in [-0.4, -0.2) is 39.9 Å². The minimum Gasteiger partial charge on any atom is -0.472 e. The third kappa shape index (κ3) is 6.00. The highest BCUT2D eigenvalue weighted by Crippen LogP contribution is 2.48. The molecule has 0 aromatic carbocycles. The summed E-state index contributed by atoms with van der Waals surface area (Å²) in [4.78, 5) is 4.13. The van der Waals surface area contributed by atoms with Crippen LogP contribution in [0.5, 0.6) is 0 Å². The zero-order chi connectivity index (χ0) is 28.3. The van der Waals surface area contributed by atoms with Gasteiger partial charge in [-0.05, 0) is 45.4 Å². The molecule has 6 nitrogen and oxygen atoms in total. The van der Waals surface area contributed by atoms with Gasteiger partial charge in [0.25, 0.3) is 0 Å². The van der Waals surface area contributed by atoms with Crippen molar-refractivity contribution in [1.29, 1.82) is 5.26 Å². The fraction of sp³-hybridized carbons (Fsp3) is 0.724. The minimum absolute atomic E-state index is 0.371. The Bertz CT molecular complexity index is 926. The van der Waals surface area contributed by atoms with E-state index in [1.54, 1.807) is 12.4 Å². The number of hydrogen-bond donors (Lipinski definition) is 1. The van der Waals surface area contributed by atoms with Crippen LogP contribution in [0.4, 0.5) is 5.69 Å². The SMILES string of the molecule is CC(C)[Si](O[C@@H]1[C@@H](C#N)OC(c2ccncc2N)=C[C@H]1O[Si](C(C)C)(C(C)C)C(C)C)(C(C)C)C(C)C. The normalized spacial score (nSPS) is 21.2. The standard InChI is InChI=1S/C29H51N3O3Si2/c1-18(2)36(19(3)4,20(5)6)34-27-15-26(24-13-14-32-17-25(24)31)33-28(16-30)29(27)35-37(21(7)8,22(9)10)23(11)12/h13-15,17-23,27-29H,31H2,1-12H3/t27-,28-,29+/m1/s1. The van der Waals surface area contributed by atoms with Crippen molar-refractivity contribution in [2.24, 2.45) is 0 Å². The number of nitrogen functional groups attached to an aromatic ring is 1. The fourth-order valence-corrected chi connectivity index (χ4v) is 18.1. The summed E-state index contributed by atoms with van der Waals surface area (Å²) >= 11 is 0. The number of hydrogen-bond acceptors (Lipinski definition) is 6. The van der Waals surface area contributed by atoms with Crippen LogP contribution < -0.4 is 5.73 Å². The van der Waals surface area contributed by atoms with Crippen LogP contribution in [0.2, 0.25) is 33.2 Å². The molecule has 8 heteroatoms. The Hall–Kier alpha value is -1.67. The maximum Gasteiger partial charge on any atom is 0.211 e. The van der Waals surface area contributed by atoms with Gasteiger partial charge in [-0.2, -0.15) is 5.26 Å². The second kappa shape index (κ2) is 12.5. The first kappa shape index (κ1) is 31.6. The third-order valence-electron chi connectivity index (χ3n) is 8.53. The summed E-state index contributed by atoms with van der Waals surface area (Å²) in [6.07, 6.45) is 3.60. The molecule has 1 aliphatic heterocycles. The molecule has 0 bridgehead atoms. The van der Waals surface area contributed by atoms with Crippen LogP contribution in [-0.2, 0) is 13.6 Å². The molecule has 3 atom stereocenters. The molecule has 0 aliphatic carbocycles. The van der Waals surface area contributed by atoms with Crippen LogP contribution >= 0.6 is 0 Å². The maximum absolute atomic E-state index is 10.4. The van der Waals surface area contributed by atoms with E-state index < -0.39 is 34.9 Å². The molecule has 1 aromatic rings. The van der Waals surface area contributed by atoms with Crippen molar-refractivity contribution in [3.8, 4) is 6.07 Å². The quantitative estimate of drug-likeness (QED) is 0.283. The van der Waals surface area contributed by atoms with Crippen molar-refractivity contribution in [1.82, 2.24) is 4.98 Å². The first-order valence-corrected chi connectivity index (χ1v) is 18.3. The molecule has 37 heavy (non-hydrogen) atoms. The van der Waals surface area contributed by atoms with Gasteiger partial charge in [-0.1, -0.05) is 83.1 Å². The molecule has 2 rings (SSSR count). The summed E-state index contributed by atoms with van der Waals surface area (Å²) in [5.74, 6) is 0.571. The van der Waals surface area contributed by atoms with Gasteiger partial charge in [0.1, 0.15) is 17.9 Å². The number of rotatable bonds is 11. The van der Waals surface area contributed by atoms with Gasteiger partial charge in [0, 0.05) is 11.8 Å². The molecule has 1 aliphatic rings. The number of nitrogens with zero attached hydrogens (tertiary/aromatic N) is 2. The van der Waals surface area contributed by atoms with E-state index in [2.05, 4.69) is 94.1 Å². The highest BCUT2D eigenvalue weighted by molar-refractivity contribution is 6.78. The molecule has 0 saturated heterocycles. The Morgan fingerprint density at radius 1 is 0.838 bits per heavy atom. The number of pyridine rings is 1. The largest absolute Gasteiger partial charge is 0.472 e. The van der Waals surface area contributed by atoms with Gasteiger partial charge in [0.2, 0.25) is 22.7 Å². The van der Waals surface area contributed by atoms with E-state index in [4.69, 9.17) is 19.3 Å². The number of nitrogens with two attached hydrogens (primary N) is 1. The minimum atomic E-state index is -2.34. The zero-order valence-corrected chi connectivity index (χ0v) is 27.2. The van der Waals surface area contributed by atoms with Crippen molar-refractivity contribution in [3.05, 3.63) is 30.1 Å². The smallest absolute Gasteiger partial charge is 0.211 e. The van der Waals surface area contributed by atoms with E-state index in [-0.39, 0.29) is 0 Å². The summed E-state index contributed by atoms with van der Waals surface area (Å²) in [7, 11) is -4.66. The van der Waals surface area contributed by atoms with E-state index >= 15 is 0 Å². The molecule has 2 N–H and O–H groups in total. The first-order valence-electron chi connectivity index (χ1n) is 14.0. The lowest BCUT2D eigenvalue weighted by Gasteiger charge is -2.50. The van der Waals surface area contributed by atoms with Gasteiger partial charge in [-0.3, -0.25) is 4.98 Å². The van der Waals surface area contributed by atoms with Gasteiger partial charge >= 0.3 is 0 Å². The number of ether oxygens (including phenoxy) is 1. The predicted molar refractivity (Wildman–Crippen MR) is 159 cm³/mol. The fourth-order valence-electron chi connectivity index (χ4n) is 7.06. The van der Waals surface area contributed by atoms with Gasteiger partial charge in [0.05, 0.1) is 18.0 Å². The average Bonchev–Trinajstić information content (AvgIpc) is 2.79. The lowest BCUT2D eigenvalue weighted by molar-refractivity contribution is -0.0215. The third-order valence-corrected chi connectivity index (χ3v) is 20.7. The second-order valence-corrected chi connectivity index (χ2v) is 23.3. The van der Waals surface area contributed by atoms with E-state index in [1.165, 1.54) is 0 Å². The van der Waals surface area contributed by atoms with E-state index in [1.807, 2.05) is 12.1 Å². The summed E-state index contributed by atoms with van der Waals surface area (Å²) < 4.78 is 21.0. The lowest BCUT2D eigenvalue weighted by Crippen LogP contribution is -2.59. The van der Waals surface area contributed by atoms with Crippen LogP contribution in [0.3, 0.4) is 0 Å². The average molecular weight is 546 g/mol. The number of anilines is 1. The van der Waals surface area contributed by atoms with Gasteiger partial charge < -0.3 is 19.3 Å². The van der Waals surface area contributed by atoms with Crippen molar-refractivity contribution < 1.29 is 13.6 Å². The summed E-state index contributed by atoms with van der Waals surface area (Å²) in [6, 6.07) is 4.26. The van der Waals surface area contributed by atoms with Crippen LogP contribution in [0, 0.1) is 11.3 Å². The van der Waals surface area contributed by atoms with Gasteiger partial charge in [-0.15, -0.1) is 0 Å². The molecule has 2 heterocycles. The van der Waals surface area contributed by atoms with Crippen molar-refractivity contribution >= 4 is 28.1 Å². The number of nitriles is 1. The lowest BCUT2D eigenvalue weighted by atomic mass is 10.0. The van der Waals surface area contributed by atoms with E-state index in [0.717, 1.165) is 5.56 Å². The first-order chi connectivity index (χ1) is 17.2. The van der Waals surface area contributed by atoms with Crippen LogP contribution in [0.25, 0.3) is 5.76 Å². The van der Waals surface area contributed by atoms with Crippen molar-refractivity contribution in [2.75, 3.05) is 5.73 Å². The topological polar surface area (TPSA) is 90.4 Å². The van der Waals surface area contributed by atoms with Gasteiger partial charge in [-0.25, -0.2) is 0 Å². The molecular formula is C29H51N3O3Si2. The van der Waals surface area contributed by atoms with Crippen LogP contribution in [0.15, 0.2) is 24.5 Å². The Morgan fingerprint density at radius 3 is 1.70 bits per heavy atom. The molecule has 208 valence electrons. The Labute approximate surface area is 228 Å². The van der Waals surface area contributed by atoms with Gasteiger partial charge in [0.15, 0.2) is 0 Å². The summed E-state index contributed by atoms with van der Waals surface area (Å²) in [6.45, 7) is 27.3. The summed E-state index contributed by atoms with van der Waals surface area (Å²) in [5, 5.41) is 10.4. The summed E-state index contributed by atoms with van der Waals surface area (Å²) in [5.41, 5.74) is 9.82. The zero-order valence-electron chi connectivity index (χ0n) is 25.2. The molecule has 0 saturated carbocycles. The monoisotopic (exact) mass is 545 g/mol. The molecular weight excluding hydrogens is 495 g/mol. The van der Waals surface area contributed by atoms with Crippen LogP contribution in [0.1, 0.15) is 88.6 Å². The Morgan fingerprint density at radius 2 is 1.30 bits per heavy atom. The van der Waals surface area contributed by atoms with Crippen molar-refractivity contribution in [2.45, 2.75) is 135 Å². The van der Waals surface area contributed by atoms with E-state index in [0.29, 0.717) is 44.7 Å². The van der Waals surface area contributed by atoms with E-state index in [9.17, 15) is 5.26 Å². The molecule has 1 aromatic heterocycles. The highest BCUT2D eigenvalue weighted by Gasteiger charge is 2.54. The second-order valence-electron chi connectivity index (χ2n) is 12.5.